The minimum absolute atomic E-state index is 0.0375. The van der Waals surface area contributed by atoms with Crippen LogP contribution in [0.2, 0.25) is 0 Å². The van der Waals surface area contributed by atoms with Crippen molar-refractivity contribution in [3.8, 4) is 0 Å². The van der Waals surface area contributed by atoms with E-state index in [-0.39, 0.29) is 12.3 Å². The predicted octanol–water partition coefficient (Wildman–Crippen LogP) is 2.38. The summed E-state index contributed by atoms with van der Waals surface area (Å²) in [5.41, 5.74) is 2.61. The molecule has 2 N–H and O–H groups in total. The number of carboxylic acids is 1. The van der Waals surface area contributed by atoms with Crippen molar-refractivity contribution in [3.63, 3.8) is 0 Å². The molecule has 102 valence electrons. The van der Waals surface area contributed by atoms with Gasteiger partial charge < -0.3 is 15.3 Å². The molecule has 1 amide bonds. The lowest BCUT2D eigenvalue weighted by Crippen LogP contribution is -2.27. The van der Waals surface area contributed by atoms with Crippen molar-refractivity contribution in [3.05, 3.63) is 22.2 Å². The molecule has 0 spiro atoms. The molecule has 1 aromatic carbocycles. The van der Waals surface area contributed by atoms with E-state index in [2.05, 4.69) is 21.2 Å². The predicted molar refractivity (Wildman–Crippen MR) is 76.6 cm³/mol. The number of halogens is 1. The van der Waals surface area contributed by atoms with Gasteiger partial charge in [-0.25, -0.2) is 0 Å². The first-order valence-electron chi connectivity index (χ1n) is 6.04. The molecular formula is C13H15BrN2O3. The van der Waals surface area contributed by atoms with E-state index < -0.39 is 5.97 Å². The van der Waals surface area contributed by atoms with Crippen LogP contribution in [0.4, 0.5) is 11.4 Å². The molecule has 1 heterocycles. The number of carbonyl (C=O) groups excluding carboxylic acids is 1. The third kappa shape index (κ3) is 3.26. The fourth-order valence-electron chi connectivity index (χ4n) is 2.16. The van der Waals surface area contributed by atoms with E-state index in [0.717, 1.165) is 21.4 Å². The van der Waals surface area contributed by atoms with Gasteiger partial charge in [0.05, 0.1) is 17.8 Å². The average molecular weight is 327 g/mol. The highest BCUT2D eigenvalue weighted by Gasteiger charge is 2.21. The van der Waals surface area contributed by atoms with Gasteiger partial charge in [-0.15, -0.1) is 0 Å². The first-order chi connectivity index (χ1) is 8.97. The third-order valence-electron chi connectivity index (χ3n) is 3.09. The van der Waals surface area contributed by atoms with E-state index in [0.29, 0.717) is 19.5 Å². The van der Waals surface area contributed by atoms with Crippen molar-refractivity contribution in [2.24, 2.45) is 0 Å². The van der Waals surface area contributed by atoms with Crippen LogP contribution in [0.25, 0.3) is 0 Å². The molecule has 0 bridgehead atoms. The van der Waals surface area contributed by atoms with Crippen molar-refractivity contribution >= 4 is 39.2 Å². The standard InChI is InChI=1S/C13H15BrN2O3/c1-8-6-9(14)7-10-13(8)15-11(17)2-4-16(10)5-3-12(18)19/h6-7H,2-5H2,1H3,(H,15,17)(H,18,19). The Labute approximate surface area is 119 Å². The average Bonchev–Trinajstić information content (AvgIpc) is 2.47. The van der Waals surface area contributed by atoms with E-state index in [1.165, 1.54) is 0 Å². The molecule has 0 saturated heterocycles. The van der Waals surface area contributed by atoms with Crippen LogP contribution < -0.4 is 10.2 Å². The summed E-state index contributed by atoms with van der Waals surface area (Å²) in [7, 11) is 0. The van der Waals surface area contributed by atoms with E-state index in [4.69, 9.17) is 5.11 Å². The Morgan fingerprint density at radius 2 is 2.26 bits per heavy atom. The van der Waals surface area contributed by atoms with Crippen LogP contribution in [-0.4, -0.2) is 30.1 Å². The van der Waals surface area contributed by atoms with Crippen molar-refractivity contribution < 1.29 is 14.7 Å². The molecule has 0 aliphatic carbocycles. The summed E-state index contributed by atoms with van der Waals surface area (Å²) >= 11 is 3.43. The molecule has 1 aliphatic rings. The maximum atomic E-state index is 11.7. The Hall–Kier alpha value is -1.56. The van der Waals surface area contributed by atoms with Crippen LogP contribution in [0, 0.1) is 6.92 Å². The molecule has 0 fully saturated rings. The fourth-order valence-corrected chi connectivity index (χ4v) is 2.72. The monoisotopic (exact) mass is 326 g/mol. The summed E-state index contributed by atoms with van der Waals surface area (Å²) in [6.07, 6.45) is 0.421. The zero-order chi connectivity index (χ0) is 14.0. The zero-order valence-corrected chi connectivity index (χ0v) is 12.2. The second-order valence-corrected chi connectivity index (χ2v) is 5.46. The number of aliphatic carboxylic acids is 1. The Kier molecular flexibility index (Phi) is 4.09. The largest absolute Gasteiger partial charge is 0.481 e. The summed E-state index contributed by atoms with van der Waals surface area (Å²) in [5.74, 6) is -0.874. The van der Waals surface area contributed by atoms with Crippen LogP contribution in [0.5, 0.6) is 0 Å². The normalized spacial score (nSPS) is 14.6. The Morgan fingerprint density at radius 3 is 2.95 bits per heavy atom. The maximum absolute atomic E-state index is 11.7. The highest BCUT2D eigenvalue weighted by Crippen LogP contribution is 2.35. The lowest BCUT2D eigenvalue weighted by molar-refractivity contribution is -0.136. The molecule has 1 aromatic rings. The number of aryl methyl sites for hydroxylation is 1. The lowest BCUT2D eigenvalue weighted by atomic mass is 10.1. The van der Waals surface area contributed by atoms with Gasteiger partial charge in [0.1, 0.15) is 0 Å². The number of carbonyl (C=O) groups is 2. The number of fused-ring (bicyclic) bond motifs is 1. The first kappa shape index (κ1) is 13.9. The second-order valence-electron chi connectivity index (χ2n) is 4.55. The number of amides is 1. The summed E-state index contributed by atoms with van der Waals surface area (Å²) < 4.78 is 0.917. The van der Waals surface area contributed by atoms with E-state index in [9.17, 15) is 9.59 Å². The summed E-state index contributed by atoms with van der Waals surface area (Å²) in [4.78, 5) is 24.4. The quantitative estimate of drug-likeness (QED) is 0.894. The van der Waals surface area contributed by atoms with Crippen LogP contribution >= 0.6 is 15.9 Å². The summed E-state index contributed by atoms with van der Waals surface area (Å²) in [6.45, 7) is 2.85. The van der Waals surface area contributed by atoms with E-state index >= 15 is 0 Å². The highest BCUT2D eigenvalue weighted by molar-refractivity contribution is 9.10. The molecule has 1 aliphatic heterocycles. The van der Waals surface area contributed by atoms with Gasteiger partial charge >= 0.3 is 5.97 Å². The Morgan fingerprint density at radius 1 is 1.53 bits per heavy atom. The van der Waals surface area contributed by atoms with Gasteiger partial charge in [-0.1, -0.05) is 15.9 Å². The van der Waals surface area contributed by atoms with E-state index in [1.54, 1.807) is 0 Å². The van der Waals surface area contributed by atoms with Gasteiger partial charge in [0, 0.05) is 24.0 Å². The van der Waals surface area contributed by atoms with Crippen molar-refractivity contribution in [2.75, 3.05) is 23.3 Å². The lowest BCUT2D eigenvalue weighted by Gasteiger charge is -2.24. The highest BCUT2D eigenvalue weighted by atomic mass is 79.9. The minimum atomic E-state index is -0.836. The molecule has 6 heteroatoms. The molecule has 0 radical (unpaired) electrons. The topological polar surface area (TPSA) is 69.6 Å². The number of nitrogens with one attached hydrogen (secondary N) is 1. The maximum Gasteiger partial charge on any atom is 0.305 e. The second kappa shape index (κ2) is 5.61. The number of carboxylic acid groups (broad SMARTS) is 1. The number of anilines is 2. The van der Waals surface area contributed by atoms with Gasteiger partial charge in [0.2, 0.25) is 5.91 Å². The van der Waals surface area contributed by atoms with Crippen molar-refractivity contribution in [1.82, 2.24) is 0 Å². The number of hydrogen-bond donors (Lipinski definition) is 2. The first-order valence-corrected chi connectivity index (χ1v) is 6.83. The number of nitrogens with zero attached hydrogens (tertiary/aromatic N) is 1. The molecule has 0 unspecified atom stereocenters. The molecule has 0 atom stereocenters. The van der Waals surface area contributed by atoms with Gasteiger partial charge in [0.25, 0.3) is 0 Å². The Balaban J connectivity index is 2.37. The van der Waals surface area contributed by atoms with Gasteiger partial charge in [-0.05, 0) is 24.6 Å². The number of benzene rings is 1. The van der Waals surface area contributed by atoms with Crippen LogP contribution in [0.15, 0.2) is 16.6 Å². The zero-order valence-electron chi connectivity index (χ0n) is 10.6. The molecule has 0 aromatic heterocycles. The van der Waals surface area contributed by atoms with Crippen molar-refractivity contribution in [1.29, 1.82) is 0 Å². The summed E-state index contributed by atoms with van der Waals surface area (Å²) in [6, 6.07) is 3.84. The summed E-state index contributed by atoms with van der Waals surface area (Å²) in [5, 5.41) is 11.7. The smallest absolute Gasteiger partial charge is 0.305 e. The van der Waals surface area contributed by atoms with Crippen molar-refractivity contribution in [2.45, 2.75) is 19.8 Å². The van der Waals surface area contributed by atoms with E-state index in [1.807, 2.05) is 24.0 Å². The fraction of sp³-hybridized carbons (Fsp3) is 0.385. The van der Waals surface area contributed by atoms with Crippen LogP contribution in [0.3, 0.4) is 0 Å². The third-order valence-corrected chi connectivity index (χ3v) is 3.55. The molecular weight excluding hydrogens is 312 g/mol. The number of rotatable bonds is 3. The Bertz CT molecular complexity index is 531. The van der Waals surface area contributed by atoms with Crippen LogP contribution in [0.1, 0.15) is 18.4 Å². The van der Waals surface area contributed by atoms with Gasteiger partial charge in [-0.2, -0.15) is 0 Å². The van der Waals surface area contributed by atoms with Gasteiger partial charge in [-0.3, -0.25) is 9.59 Å². The van der Waals surface area contributed by atoms with Crippen LogP contribution in [-0.2, 0) is 9.59 Å². The molecule has 0 saturated carbocycles. The van der Waals surface area contributed by atoms with Gasteiger partial charge in [0.15, 0.2) is 0 Å². The number of hydrogen-bond acceptors (Lipinski definition) is 3. The SMILES string of the molecule is Cc1cc(Br)cc2c1NC(=O)CCN2CCC(=O)O. The molecule has 19 heavy (non-hydrogen) atoms. The molecule has 5 nitrogen and oxygen atoms in total. The minimum Gasteiger partial charge on any atom is -0.481 e. The molecule has 2 rings (SSSR count).